The molecular formula is C27H23N3O4. The Hall–Kier alpha value is -4.39. The number of carboxylic acid groups (broad SMARTS) is 1. The first-order valence-corrected chi connectivity index (χ1v) is 10.9. The zero-order valence-electron chi connectivity index (χ0n) is 19.0. The minimum absolute atomic E-state index is 0.0714. The van der Waals surface area contributed by atoms with Gasteiger partial charge in [0, 0.05) is 46.4 Å². The van der Waals surface area contributed by atoms with Crippen LogP contribution in [0.15, 0.2) is 76.3 Å². The topological polar surface area (TPSA) is 97.4 Å². The molecule has 0 amide bonds. The average Bonchev–Trinajstić information content (AvgIpc) is 3.27. The molecule has 0 aliphatic rings. The van der Waals surface area contributed by atoms with Gasteiger partial charge in [0.15, 0.2) is 5.43 Å². The van der Waals surface area contributed by atoms with E-state index >= 15 is 0 Å². The van der Waals surface area contributed by atoms with Gasteiger partial charge in [-0.25, -0.2) is 4.79 Å². The van der Waals surface area contributed by atoms with Crippen molar-refractivity contribution in [3.05, 3.63) is 94.0 Å². The number of aryl methyl sites for hydroxylation is 1. The first kappa shape index (κ1) is 21.5. The quantitative estimate of drug-likeness (QED) is 0.340. The Morgan fingerprint density at radius 1 is 1.12 bits per heavy atom. The maximum atomic E-state index is 13.3. The van der Waals surface area contributed by atoms with E-state index in [2.05, 4.69) is 10.3 Å². The molecule has 0 aliphatic heterocycles. The lowest BCUT2D eigenvalue weighted by atomic mass is 9.99. The fourth-order valence-electron chi connectivity index (χ4n) is 4.43. The van der Waals surface area contributed by atoms with Crippen LogP contribution in [-0.2, 0) is 0 Å². The molecule has 0 bridgehead atoms. The molecule has 2 N–H and O–H groups in total. The van der Waals surface area contributed by atoms with E-state index in [-0.39, 0.29) is 11.5 Å². The zero-order valence-corrected chi connectivity index (χ0v) is 19.0. The minimum atomic E-state index is -1.04. The van der Waals surface area contributed by atoms with Crippen molar-refractivity contribution in [2.75, 3.05) is 5.32 Å². The van der Waals surface area contributed by atoms with Gasteiger partial charge in [0.2, 0.25) is 0 Å². The summed E-state index contributed by atoms with van der Waals surface area (Å²) in [4.78, 5) is 29.0. The summed E-state index contributed by atoms with van der Waals surface area (Å²) in [7, 11) is 0. The molecule has 3 aromatic heterocycles. The van der Waals surface area contributed by atoms with Gasteiger partial charge in [0.1, 0.15) is 11.3 Å². The van der Waals surface area contributed by atoms with Crippen LogP contribution in [0, 0.1) is 13.8 Å². The molecule has 5 aromatic rings. The number of anilines is 1. The van der Waals surface area contributed by atoms with E-state index in [0.29, 0.717) is 27.8 Å². The Bertz CT molecular complexity index is 1620. The summed E-state index contributed by atoms with van der Waals surface area (Å²) in [6, 6.07) is 14.6. The number of fused-ring (bicyclic) bond motifs is 2. The van der Waals surface area contributed by atoms with Gasteiger partial charge in [-0.05, 0) is 62.7 Å². The summed E-state index contributed by atoms with van der Waals surface area (Å²) in [5.41, 5.74) is 4.91. The molecule has 34 heavy (non-hydrogen) atoms. The Kier molecular flexibility index (Phi) is 5.17. The van der Waals surface area contributed by atoms with E-state index in [1.54, 1.807) is 31.5 Å². The smallest absolute Gasteiger partial charge is 0.416 e. The highest BCUT2D eigenvalue weighted by Crippen LogP contribution is 2.33. The Balaban J connectivity index is 1.65. The third-order valence-electron chi connectivity index (χ3n) is 6.09. The van der Waals surface area contributed by atoms with Crippen LogP contribution in [0.3, 0.4) is 0 Å². The molecule has 0 saturated carbocycles. The summed E-state index contributed by atoms with van der Waals surface area (Å²) >= 11 is 0. The third kappa shape index (κ3) is 3.51. The lowest BCUT2D eigenvalue weighted by Gasteiger charge is -2.19. The lowest BCUT2D eigenvalue weighted by Crippen LogP contribution is -2.12. The zero-order chi connectivity index (χ0) is 24.0. The molecular weight excluding hydrogens is 430 g/mol. The Morgan fingerprint density at radius 3 is 2.68 bits per heavy atom. The number of rotatable bonds is 4. The molecule has 7 nitrogen and oxygen atoms in total. The lowest BCUT2D eigenvalue weighted by molar-refractivity contribution is 0.197. The molecule has 0 spiro atoms. The van der Waals surface area contributed by atoms with Crippen molar-refractivity contribution < 1.29 is 14.3 Å². The highest BCUT2D eigenvalue weighted by atomic mass is 16.4. The van der Waals surface area contributed by atoms with E-state index in [1.807, 2.05) is 50.2 Å². The average molecular weight is 453 g/mol. The molecule has 170 valence electrons. The van der Waals surface area contributed by atoms with Crippen molar-refractivity contribution in [3.8, 4) is 11.3 Å². The van der Waals surface area contributed by atoms with Gasteiger partial charge in [-0.1, -0.05) is 12.1 Å². The molecule has 0 radical (unpaired) electrons. The highest BCUT2D eigenvalue weighted by molar-refractivity contribution is 5.97. The van der Waals surface area contributed by atoms with Gasteiger partial charge in [0.25, 0.3) is 0 Å². The van der Waals surface area contributed by atoms with Crippen molar-refractivity contribution in [3.63, 3.8) is 0 Å². The van der Waals surface area contributed by atoms with Gasteiger partial charge in [0.05, 0.1) is 16.9 Å². The molecule has 7 heteroatoms. The SMILES string of the molecule is Cc1cc([C@@H](C)Nc2cccc3c2ccn3C(=O)O)c2oc(-c3cccnc3)c(C)c(=O)c2c1. The standard InChI is InChI=1S/C27H23N3O4/c1-15-12-20(17(3)29-22-7-4-8-23-19(22)9-11-30(23)27(32)33)26-21(13-15)24(31)16(2)25(34-26)18-6-5-10-28-14-18/h4-14,17,29H,1-3H3,(H,32,33)/t17-/m1/s1. The predicted octanol–water partition coefficient (Wildman–Crippen LogP) is 6.13. The molecule has 0 fully saturated rings. The van der Waals surface area contributed by atoms with Crippen molar-refractivity contribution in [2.45, 2.75) is 26.8 Å². The summed E-state index contributed by atoms with van der Waals surface area (Å²) in [6.45, 7) is 5.71. The van der Waals surface area contributed by atoms with E-state index in [0.717, 1.165) is 27.8 Å². The predicted molar refractivity (Wildman–Crippen MR) is 133 cm³/mol. The van der Waals surface area contributed by atoms with Crippen LogP contribution in [-0.4, -0.2) is 20.8 Å². The monoisotopic (exact) mass is 453 g/mol. The third-order valence-corrected chi connectivity index (χ3v) is 6.09. The first-order chi connectivity index (χ1) is 16.3. The maximum absolute atomic E-state index is 13.3. The van der Waals surface area contributed by atoms with Crippen molar-refractivity contribution in [1.29, 1.82) is 0 Å². The van der Waals surface area contributed by atoms with Crippen molar-refractivity contribution >= 4 is 33.7 Å². The summed E-state index contributed by atoms with van der Waals surface area (Å²) < 4.78 is 7.56. The maximum Gasteiger partial charge on any atom is 0.416 e. The number of hydrogen-bond acceptors (Lipinski definition) is 5. The largest absolute Gasteiger partial charge is 0.464 e. The van der Waals surface area contributed by atoms with Gasteiger partial charge >= 0.3 is 6.09 Å². The van der Waals surface area contributed by atoms with Crippen LogP contribution < -0.4 is 10.7 Å². The highest BCUT2D eigenvalue weighted by Gasteiger charge is 2.20. The number of benzene rings is 2. The number of pyridine rings is 1. The van der Waals surface area contributed by atoms with Gasteiger partial charge in [-0.15, -0.1) is 0 Å². The Labute approximate surface area is 195 Å². The van der Waals surface area contributed by atoms with E-state index < -0.39 is 6.09 Å². The van der Waals surface area contributed by atoms with Crippen LogP contribution in [0.5, 0.6) is 0 Å². The summed E-state index contributed by atoms with van der Waals surface area (Å²) in [5, 5.41) is 14.2. The van der Waals surface area contributed by atoms with Gasteiger partial charge in [-0.2, -0.15) is 0 Å². The number of hydrogen-bond donors (Lipinski definition) is 2. The molecule has 2 aromatic carbocycles. The second-order valence-corrected chi connectivity index (χ2v) is 8.43. The van der Waals surface area contributed by atoms with Crippen molar-refractivity contribution in [2.24, 2.45) is 0 Å². The molecule has 3 heterocycles. The van der Waals surface area contributed by atoms with E-state index in [4.69, 9.17) is 4.42 Å². The van der Waals surface area contributed by atoms with Crippen LogP contribution in [0.25, 0.3) is 33.2 Å². The summed E-state index contributed by atoms with van der Waals surface area (Å²) in [6.07, 6.45) is 3.86. The van der Waals surface area contributed by atoms with E-state index in [1.165, 1.54) is 10.8 Å². The van der Waals surface area contributed by atoms with Gasteiger partial charge in [-0.3, -0.25) is 14.3 Å². The minimum Gasteiger partial charge on any atom is -0.464 e. The van der Waals surface area contributed by atoms with Crippen molar-refractivity contribution in [1.82, 2.24) is 9.55 Å². The number of nitrogens with zero attached hydrogens (tertiary/aromatic N) is 2. The Morgan fingerprint density at radius 2 is 1.94 bits per heavy atom. The van der Waals surface area contributed by atoms with E-state index in [9.17, 15) is 14.7 Å². The second kappa shape index (κ2) is 8.19. The second-order valence-electron chi connectivity index (χ2n) is 8.43. The molecule has 0 unspecified atom stereocenters. The van der Waals surface area contributed by atoms with Gasteiger partial charge < -0.3 is 14.8 Å². The fraction of sp³-hybridized carbons (Fsp3) is 0.148. The molecule has 5 rings (SSSR count). The normalized spacial score (nSPS) is 12.2. The number of nitrogens with one attached hydrogen (secondary N) is 1. The molecule has 0 aliphatic carbocycles. The molecule has 1 atom stereocenters. The summed E-state index contributed by atoms with van der Waals surface area (Å²) in [5.74, 6) is 0.503. The fourth-order valence-corrected chi connectivity index (χ4v) is 4.43. The van der Waals surface area contributed by atoms with Crippen LogP contribution in [0.2, 0.25) is 0 Å². The molecule has 0 saturated heterocycles. The number of aromatic nitrogens is 2. The van der Waals surface area contributed by atoms with Crippen LogP contribution in [0.1, 0.15) is 29.7 Å². The van der Waals surface area contributed by atoms with Crippen LogP contribution in [0.4, 0.5) is 10.5 Å². The first-order valence-electron chi connectivity index (χ1n) is 10.9. The van der Waals surface area contributed by atoms with Crippen LogP contribution >= 0.6 is 0 Å². The number of carbonyl (C=O) groups is 1.